The van der Waals surface area contributed by atoms with E-state index in [-0.39, 0.29) is 5.82 Å². The summed E-state index contributed by atoms with van der Waals surface area (Å²) < 4.78 is 20.6. The summed E-state index contributed by atoms with van der Waals surface area (Å²) in [4.78, 5) is 1.32. The van der Waals surface area contributed by atoms with Crippen molar-refractivity contribution in [2.45, 2.75) is 33.0 Å². The van der Waals surface area contributed by atoms with E-state index in [4.69, 9.17) is 4.74 Å². The molecule has 0 aliphatic heterocycles. The third-order valence-corrected chi connectivity index (χ3v) is 4.18. The zero-order valence-corrected chi connectivity index (χ0v) is 15.4. The SMILES string of the molecule is COC[C@@H](O)C[NH+](Cc1cccn1Cc1cccc(F)c1)CC(C)C. The number of halogens is 1. The second kappa shape index (κ2) is 9.70. The van der Waals surface area contributed by atoms with Crippen LogP contribution >= 0.6 is 0 Å². The molecule has 4 nitrogen and oxygen atoms in total. The number of ether oxygens (including phenoxy) is 1. The Hall–Kier alpha value is -1.69. The maximum atomic E-state index is 13.4. The fourth-order valence-corrected chi connectivity index (χ4v) is 3.24. The van der Waals surface area contributed by atoms with Gasteiger partial charge >= 0.3 is 0 Å². The lowest BCUT2D eigenvalue weighted by Gasteiger charge is -2.24. The smallest absolute Gasteiger partial charge is 0.126 e. The van der Waals surface area contributed by atoms with E-state index in [2.05, 4.69) is 24.5 Å². The van der Waals surface area contributed by atoms with Gasteiger partial charge in [-0.05, 0) is 29.8 Å². The molecule has 0 saturated carbocycles. The standard InChI is InChI=1S/C20H29FN2O2/c1-16(2)11-22(14-20(24)15-25-3)13-19-8-5-9-23(19)12-17-6-4-7-18(21)10-17/h4-10,16,20,24H,11-15H2,1-3H3/p+1/t20-/m0/s1. The molecule has 1 aromatic heterocycles. The maximum Gasteiger partial charge on any atom is 0.126 e. The van der Waals surface area contributed by atoms with Gasteiger partial charge in [0.2, 0.25) is 0 Å². The minimum atomic E-state index is -0.467. The number of hydrogen-bond donors (Lipinski definition) is 2. The van der Waals surface area contributed by atoms with Gasteiger partial charge in [0.1, 0.15) is 25.0 Å². The van der Waals surface area contributed by atoms with Gasteiger partial charge < -0.3 is 19.3 Å². The number of aromatic nitrogens is 1. The molecule has 1 heterocycles. The van der Waals surface area contributed by atoms with Crippen molar-refractivity contribution in [3.63, 3.8) is 0 Å². The molecule has 1 aromatic carbocycles. The molecule has 0 spiro atoms. The van der Waals surface area contributed by atoms with Gasteiger partial charge in [-0.1, -0.05) is 26.0 Å². The second-order valence-electron chi connectivity index (χ2n) is 7.10. The van der Waals surface area contributed by atoms with Gasteiger partial charge in [0, 0.05) is 25.8 Å². The van der Waals surface area contributed by atoms with Crippen molar-refractivity contribution in [3.8, 4) is 0 Å². The van der Waals surface area contributed by atoms with Gasteiger partial charge in [0.25, 0.3) is 0 Å². The molecule has 5 heteroatoms. The van der Waals surface area contributed by atoms with Crippen molar-refractivity contribution in [1.82, 2.24) is 4.57 Å². The first-order valence-electron chi connectivity index (χ1n) is 8.87. The van der Waals surface area contributed by atoms with Crippen LogP contribution < -0.4 is 4.90 Å². The molecule has 0 bridgehead atoms. The number of nitrogens with zero attached hydrogens (tertiary/aromatic N) is 1. The van der Waals surface area contributed by atoms with Crippen molar-refractivity contribution in [2.75, 3.05) is 26.8 Å². The summed E-state index contributed by atoms with van der Waals surface area (Å²) in [5, 5.41) is 10.1. The predicted octanol–water partition coefficient (Wildman–Crippen LogP) is 1.72. The number of quaternary nitrogens is 1. The number of aliphatic hydroxyl groups is 1. The maximum absolute atomic E-state index is 13.4. The second-order valence-corrected chi connectivity index (χ2v) is 7.10. The number of methoxy groups -OCH3 is 1. The largest absolute Gasteiger partial charge is 0.385 e. The van der Waals surface area contributed by atoms with Gasteiger partial charge in [-0.25, -0.2) is 4.39 Å². The molecule has 138 valence electrons. The lowest BCUT2D eigenvalue weighted by Crippen LogP contribution is -3.12. The van der Waals surface area contributed by atoms with Gasteiger partial charge in [0.05, 0.1) is 18.8 Å². The molecule has 2 atom stereocenters. The van der Waals surface area contributed by atoms with Crippen LogP contribution in [0.15, 0.2) is 42.6 Å². The molecule has 0 amide bonds. The number of benzene rings is 1. The highest BCUT2D eigenvalue weighted by atomic mass is 19.1. The molecule has 1 unspecified atom stereocenters. The van der Waals surface area contributed by atoms with E-state index in [0.717, 1.165) is 18.7 Å². The summed E-state index contributed by atoms with van der Waals surface area (Å²) in [6.45, 7) is 7.83. The van der Waals surface area contributed by atoms with Crippen LogP contribution in [0.1, 0.15) is 25.1 Å². The highest BCUT2D eigenvalue weighted by Crippen LogP contribution is 2.09. The van der Waals surface area contributed by atoms with E-state index in [1.807, 2.05) is 18.3 Å². The normalized spacial score (nSPS) is 14.0. The summed E-state index contributed by atoms with van der Waals surface area (Å²) in [7, 11) is 1.61. The van der Waals surface area contributed by atoms with Crippen molar-refractivity contribution in [2.24, 2.45) is 5.92 Å². The number of rotatable bonds is 10. The molecule has 0 radical (unpaired) electrons. The van der Waals surface area contributed by atoms with Gasteiger partial charge in [-0.2, -0.15) is 0 Å². The third-order valence-electron chi connectivity index (χ3n) is 4.18. The monoisotopic (exact) mass is 349 g/mol. The summed E-state index contributed by atoms with van der Waals surface area (Å²) >= 11 is 0. The van der Waals surface area contributed by atoms with Crippen molar-refractivity contribution < 1.29 is 19.1 Å². The molecule has 2 rings (SSSR count). The summed E-state index contributed by atoms with van der Waals surface area (Å²) in [5.74, 6) is 0.331. The van der Waals surface area contributed by atoms with Crippen molar-refractivity contribution >= 4 is 0 Å². The minimum absolute atomic E-state index is 0.207. The molecule has 0 saturated heterocycles. The zero-order valence-electron chi connectivity index (χ0n) is 15.4. The topological polar surface area (TPSA) is 38.8 Å². The first kappa shape index (κ1) is 19.6. The van der Waals surface area contributed by atoms with E-state index in [9.17, 15) is 9.50 Å². The lowest BCUT2D eigenvalue weighted by molar-refractivity contribution is -0.920. The molecule has 2 N–H and O–H groups in total. The summed E-state index contributed by atoms with van der Waals surface area (Å²) in [6, 6.07) is 10.8. The van der Waals surface area contributed by atoms with Crippen molar-refractivity contribution in [1.29, 1.82) is 0 Å². The van der Waals surface area contributed by atoms with Gasteiger partial charge in [-0.3, -0.25) is 0 Å². The first-order chi connectivity index (χ1) is 12.0. The zero-order chi connectivity index (χ0) is 18.2. The van der Waals surface area contributed by atoms with Crippen molar-refractivity contribution in [3.05, 3.63) is 59.7 Å². The van der Waals surface area contributed by atoms with E-state index >= 15 is 0 Å². The minimum Gasteiger partial charge on any atom is -0.385 e. The van der Waals surface area contributed by atoms with E-state index in [0.29, 0.717) is 25.6 Å². The highest BCUT2D eigenvalue weighted by Gasteiger charge is 2.18. The Kier molecular flexibility index (Phi) is 7.62. The quantitative estimate of drug-likeness (QED) is 0.686. The molecule has 25 heavy (non-hydrogen) atoms. The Morgan fingerprint density at radius 1 is 1.20 bits per heavy atom. The summed E-state index contributed by atoms with van der Waals surface area (Å²) in [5.41, 5.74) is 2.13. The Balaban J connectivity index is 2.07. The fraction of sp³-hybridized carbons (Fsp3) is 0.500. The molecule has 2 aromatic rings. The third kappa shape index (κ3) is 6.61. The first-order valence-corrected chi connectivity index (χ1v) is 8.87. The average Bonchev–Trinajstić information content (AvgIpc) is 2.93. The van der Waals surface area contributed by atoms with Crippen LogP contribution in [0.3, 0.4) is 0 Å². The Morgan fingerprint density at radius 3 is 2.68 bits per heavy atom. The molecular weight excluding hydrogens is 319 g/mol. The van der Waals surface area contributed by atoms with E-state index in [1.54, 1.807) is 19.2 Å². The molecular formula is C20H30FN2O2+. The van der Waals surface area contributed by atoms with Crippen LogP contribution in [-0.4, -0.2) is 42.6 Å². The van der Waals surface area contributed by atoms with Gasteiger partial charge in [0.15, 0.2) is 0 Å². The molecule has 0 aliphatic rings. The van der Waals surface area contributed by atoms with E-state index in [1.165, 1.54) is 16.7 Å². The van der Waals surface area contributed by atoms with Crippen LogP contribution in [0.25, 0.3) is 0 Å². The number of aliphatic hydroxyl groups excluding tert-OH is 1. The summed E-state index contributed by atoms with van der Waals surface area (Å²) in [6.07, 6.45) is 1.56. The Labute approximate surface area is 149 Å². The average molecular weight is 349 g/mol. The Bertz CT molecular complexity index is 642. The molecule has 0 aliphatic carbocycles. The fourth-order valence-electron chi connectivity index (χ4n) is 3.24. The Morgan fingerprint density at radius 2 is 2.00 bits per heavy atom. The highest BCUT2D eigenvalue weighted by molar-refractivity contribution is 5.18. The molecule has 0 fully saturated rings. The van der Waals surface area contributed by atoms with E-state index < -0.39 is 6.10 Å². The van der Waals surface area contributed by atoms with Crippen LogP contribution in [-0.2, 0) is 17.8 Å². The number of nitrogens with one attached hydrogen (secondary N) is 1. The number of hydrogen-bond acceptors (Lipinski definition) is 2. The lowest BCUT2D eigenvalue weighted by atomic mass is 10.2. The van der Waals surface area contributed by atoms with Gasteiger partial charge in [-0.15, -0.1) is 0 Å². The van der Waals surface area contributed by atoms with Crippen LogP contribution in [0.5, 0.6) is 0 Å². The predicted molar refractivity (Wildman–Crippen MR) is 97.1 cm³/mol. The van der Waals surface area contributed by atoms with Crippen LogP contribution in [0.2, 0.25) is 0 Å². The van der Waals surface area contributed by atoms with Crippen LogP contribution in [0.4, 0.5) is 4.39 Å². The van der Waals surface area contributed by atoms with Crippen LogP contribution in [0, 0.1) is 11.7 Å².